The number of rotatable bonds is 48. The highest BCUT2D eigenvalue weighted by atomic mass is 14.1. The minimum absolute atomic E-state index is 0.838. The van der Waals surface area contributed by atoms with E-state index in [4.69, 9.17) is 0 Å². The molecule has 0 fully saturated rings. The lowest BCUT2D eigenvalue weighted by Crippen LogP contribution is -1.96. The third-order valence-electron chi connectivity index (χ3n) is 12.4. The van der Waals surface area contributed by atoms with Crippen LogP contribution in [0.4, 0.5) is 0 Å². The quantitative estimate of drug-likeness (QED) is 0.0547. The topological polar surface area (TPSA) is 0 Å². The Morgan fingerprint density at radius 3 is 0.615 bits per heavy atom. The van der Waals surface area contributed by atoms with E-state index in [9.17, 15) is 0 Å². The van der Waals surface area contributed by atoms with Crippen molar-refractivity contribution in [3.05, 3.63) is 6.42 Å². The van der Waals surface area contributed by atoms with Crippen molar-refractivity contribution < 1.29 is 0 Å². The summed E-state index contributed by atoms with van der Waals surface area (Å²) in [5.74, 6) is 0.838. The van der Waals surface area contributed by atoms with Gasteiger partial charge >= 0.3 is 0 Å². The molecule has 0 nitrogen and oxygen atoms in total. The molecule has 1 unspecified atom stereocenters. The van der Waals surface area contributed by atoms with Gasteiger partial charge in [0.25, 0.3) is 0 Å². The summed E-state index contributed by atoms with van der Waals surface area (Å²) in [6.45, 7) is 7.09. The highest BCUT2D eigenvalue weighted by molar-refractivity contribution is 4.72. The lowest BCUT2D eigenvalue weighted by molar-refractivity contribution is 0.494. The van der Waals surface area contributed by atoms with E-state index in [0.717, 1.165) is 5.92 Å². The van der Waals surface area contributed by atoms with Gasteiger partial charge in [-0.2, -0.15) is 0 Å². The van der Waals surface area contributed by atoms with E-state index in [1.165, 1.54) is 302 Å². The summed E-state index contributed by atoms with van der Waals surface area (Å²) in [6.07, 6.45) is 71.9. The molecule has 0 aromatic heterocycles. The zero-order valence-corrected chi connectivity index (χ0v) is 37.4. The molecule has 0 bridgehead atoms. The zero-order chi connectivity index (χ0) is 37.5. The highest BCUT2D eigenvalue weighted by Gasteiger charge is 2.03. The Hall–Kier alpha value is 0. The molecular weight excluding hydrogens is 625 g/mol. The molecule has 0 saturated carbocycles. The van der Waals surface area contributed by atoms with E-state index >= 15 is 0 Å². The molecule has 0 aromatic carbocycles. The Balaban J connectivity index is 3.13. The van der Waals surface area contributed by atoms with E-state index in [-0.39, 0.29) is 0 Å². The lowest BCUT2D eigenvalue weighted by atomic mass is 9.95. The van der Waals surface area contributed by atoms with Crippen LogP contribution in [0.2, 0.25) is 0 Å². The summed E-state index contributed by atoms with van der Waals surface area (Å²) in [4.78, 5) is 0. The smallest absolute Gasteiger partial charge is 0.0358 e. The Morgan fingerprint density at radius 1 is 0.231 bits per heavy atom. The van der Waals surface area contributed by atoms with E-state index < -0.39 is 0 Å². The van der Waals surface area contributed by atoms with Crippen molar-refractivity contribution in [2.45, 2.75) is 323 Å². The van der Waals surface area contributed by atoms with Crippen molar-refractivity contribution in [3.8, 4) is 0 Å². The first-order valence-corrected chi connectivity index (χ1v) is 25.6. The lowest BCUT2D eigenvalue weighted by Gasteiger charge is -2.11. The van der Waals surface area contributed by atoms with E-state index in [2.05, 4.69) is 27.2 Å². The summed E-state index contributed by atoms with van der Waals surface area (Å²) in [5.41, 5.74) is 0. The van der Waals surface area contributed by atoms with E-state index in [0.29, 0.717) is 0 Å². The molecule has 0 rings (SSSR count). The molecule has 0 N–H and O–H groups in total. The SMILES string of the molecule is CCCCCCCCCCCCCCCCCCCCCCCCCCC[CH]C(C)CCCCCCCCCCCCCCCCCCCCCC. The van der Waals surface area contributed by atoms with E-state index in [1.807, 2.05) is 0 Å². The van der Waals surface area contributed by atoms with E-state index in [1.54, 1.807) is 0 Å². The van der Waals surface area contributed by atoms with Gasteiger partial charge in [-0.3, -0.25) is 0 Å². The first kappa shape index (κ1) is 52.0. The predicted octanol–water partition coefficient (Wildman–Crippen LogP) is 20.2. The molecular formula is C52H105. The standard InChI is InChI=1S/C52H105/c1-4-6-8-10-12-14-16-18-20-22-24-26-27-28-29-30-31-33-35-37-39-41-43-45-47-49-51-52(3)50-48-46-44-42-40-38-36-34-32-25-23-21-19-17-15-13-11-9-7-5-2/h51-52H,4-50H2,1-3H3. The molecule has 0 amide bonds. The molecule has 0 aliphatic carbocycles. The molecule has 0 heterocycles. The molecule has 0 heteroatoms. The Labute approximate surface area is 333 Å². The van der Waals surface area contributed by atoms with Crippen molar-refractivity contribution in [3.63, 3.8) is 0 Å². The maximum Gasteiger partial charge on any atom is -0.0358 e. The summed E-state index contributed by atoms with van der Waals surface area (Å²) >= 11 is 0. The normalized spacial score (nSPS) is 12.3. The average molecular weight is 730 g/mol. The van der Waals surface area contributed by atoms with Crippen LogP contribution < -0.4 is 0 Å². The van der Waals surface area contributed by atoms with Crippen LogP contribution in [-0.2, 0) is 0 Å². The third-order valence-corrected chi connectivity index (χ3v) is 12.4. The second-order valence-electron chi connectivity index (χ2n) is 18.0. The average Bonchev–Trinajstić information content (AvgIpc) is 3.15. The molecule has 0 aliphatic heterocycles. The minimum atomic E-state index is 0.838. The van der Waals surface area contributed by atoms with Gasteiger partial charge in [0.1, 0.15) is 0 Å². The van der Waals surface area contributed by atoms with Gasteiger partial charge in [0, 0.05) is 0 Å². The Bertz CT molecular complexity index is 579. The maximum absolute atomic E-state index is 2.65. The fourth-order valence-electron chi connectivity index (χ4n) is 8.53. The number of unbranched alkanes of at least 4 members (excludes halogenated alkanes) is 44. The maximum atomic E-state index is 2.65. The molecule has 1 atom stereocenters. The second kappa shape index (κ2) is 49.0. The first-order valence-electron chi connectivity index (χ1n) is 25.6. The minimum Gasteiger partial charge on any atom is -0.0654 e. The fourth-order valence-corrected chi connectivity index (χ4v) is 8.53. The Morgan fingerprint density at radius 2 is 0.404 bits per heavy atom. The summed E-state index contributed by atoms with van der Waals surface area (Å²) in [6, 6.07) is 0. The van der Waals surface area contributed by atoms with Gasteiger partial charge in [-0.15, -0.1) is 0 Å². The van der Waals surface area contributed by atoms with Crippen LogP contribution in [0.15, 0.2) is 0 Å². The first-order chi connectivity index (χ1) is 25.8. The zero-order valence-electron chi connectivity index (χ0n) is 37.4. The molecule has 0 saturated heterocycles. The highest BCUT2D eigenvalue weighted by Crippen LogP contribution is 2.20. The molecule has 313 valence electrons. The van der Waals surface area contributed by atoms with Crippen LogP contribution in [0.1, 0.15) is 323 Å². The molecule has 0 aromatic rings. The van der Waals surface area contributed by atoms with Crippen LogP contribution in [0.25, 0.3) is 0 Å². The van der Waals surface area contributed by atoms with Gasteiger partial charge in [0.15, 0.2) is 0 Å². The number of hydrogen-bond acceptors (Lipinski definition) is 0. The van der Waals surface area contributed by atoms with Gasteiger partial charge in [-0.25, -0.2) is 0 Å². The molecule has 52 heavy (non-hydrogen) atoms. The van der Waals surface area contributed by atoms with Crippen LogP contribution in [-0.4, -0.2) is 0 Å². The largest absolute Gasteiger partial charge is 0.0654 e. The second-order valence-corrected chi connectivity index (χ2v) is 18.0. The Kier molecular flexibility index (Phi) is 49.0. The van der Waals surface area contributed by atoms with Crippen molar-refractivity contribution in [1.82, 2.24) is 0 Å². The monoisotopic (exact) mass is 730 g/mol. The van der Waals surface area contributed by atoms with Gasteiger partial charge in [-0.05, 0) is 18.8 Å². The number of hydrogen-bond donors (Lipinski definition) is 0. The summed E-state index contributed by atoms with van der Waals surface area (Å²) < 4.78 is 0. The van der Waals surface area contributed by atoms with Crippen molar-refractivity contribution in [2.75, 3.05) is 0 Å². The summed E-state index contributed by atoms with van der Waals surface area (Å²) in [7, 11) is 0. The van der Waals surface area contributed by atoms with Crippen LogP contribution in [0.3, 0.4) is 0 Å². The van der Waals surface area contributed by atoms with Gasteiger partial charge in [0.2, 0.25) is 0 Å². The summed E-state index contributed by atoms with van der Waals surface area (Å²) in [5, 5.41) is 0. The van der Waals surface area contributed by atoms with Crippen molar-refractivity contribution in [2.24, 2.45) is 5.92 Å². The van der Waals surface area contributed by atoms with Gasteiger partial charge in [-0.1, -0.05) is 316 Å². The van der Waals surface area contributed by atoms with Gasteiger partial charge in [0.05, 0.1) is 0 Å². The molecule has 0 aliphatic rings. The molecule has 1 radical (unpaired) electrons. The van der Waals surface area contributed by atoms with Crippen LogP contribution in [0.5, 0.6) is 0 Å². The third kappa shape index (κ3) is 48.0. The van der Waals surface area contributed by atoms with Crippen molar-refractivity contribution in [1.29, 1.82) is 0 Å². The predicted molar refractivity (Wildman–Crippen MR) is 242 cm³/mol. The van der Waals surface area contributed by atoms with Crippen molar-refractivity contribution >= 4 is 0 Å². The van der Waals surface area contributed by atoms with Crippen LogP contribution >= 0.6 is 0 Å². The molecule has 0 spiro atoms. The van der Waals surface area contributed by atoms with Crippen LogP contribution in [0, 0.1) is 12.3 Å². The van der Waals surface area contributed by atoms with Gasteiger partial charge < -0.3 is 0 Å². The fraction of sp³-hybridized carbons (Fsp3) is 0.981.